The number of hydrogen-bond donors (Lipinski definition) is 1. The van der Waals surface area contributed by atoms with Crippen LogP contribution in [0.3, 0.4) is 0 Å². The highest BCUT2D eigenvalue weighted by atomic mass is 35.5. The summed E-state index contributed by atoms with van der Waals surface area (Å²) in [6.07, 6.45) is 0. The first-order valence-corrected chi connectivity index (χ1v) is 5.14. The van der Waals surface area contributed by atoms with Gasteiger partial charge in [0.1, 0.15) is 16.9 Å². The Morgan fingerprint density at radius 2 is 2.00 bits per heavy atom. The first-order valence-electron chi connectivity index (χ1n) is 3.12. The third-order valence-electron chi connectivity index (χ3n) is 1.03. The Morgan fingerprint density at radius 1 is 1.46 bits per heavy atom. The molecule has 1 aromatic rings. The monoisotopic (exact) mass is 242 g/mol. The van der Waals surface area contributed by atoms with Gasteiger partial charge in [0.05, 0.1) is 0 Å². The molecule has 0 fully saturated rings. The molecule has 1 rings (SSSR count). The van der Waals surface area contributed by atoms with Crippen molar-refractivity contribution in [1.29, 1.82) is 0 Å². The fourth-order valence-electron chi connectivity index (χ4n) is 0.625. The summed E-state index contributed by atoms with van der Waals surface area (Å²) in [5, 5.41) is 0.326. The predicted octanol–water partition coefficient (Wildman–Crippen LogP) is 1.68. The molecule has 0 aliphatic rings. The molecule has 0 aromatic carbocycles. The molecule has 13 heavy (non-hydrogen) atoms. The van der Waals surface area contributed by atoms with Crippen molar-refractivity contribution in [2.24, 2.45) is 0 Å². The molecule has 5 nitrogen and oxygen atoms in total. The molecule has 0 aliphatic carbocycles. The van der Waals surface area contributed by atoms with Crippen molar-refractivity contribution in [3.05, 3.63) is 22.2 Å². The highest BCUT2D eigenvalue weighted by molar-refractivity contribution is 7.32. The molecular weight excluding hydrogens is 238 g/mol. The fraction of sp³-hybridized carbons (Fsp3) is 0.200. The quantitative estimate of drug-likeness (QED) is 0.645. The van der Waals surface area contributed by atoms with Gasteiger partial charge in [-0.3, -0.25) is 4.57 Å². The van der Waals surface area contributed by atoms with Crippen LogP contribution in [0.25, 0.3) is 0 Å². The van der Waals surface area contributed by atoms with Crippen LogP contribution in [0.1, 0.15) is 5.82 Å². The van der Waals surface area contributed by atoms with Crippen LogP contribution in [0.4, 0.5) is 0 Å². The van der Waals surface area contributed by atoms with Crippen molar-refractivity contribution in [2.75, 3.05) is 0 Å². The molecule has 8 heteroatoms. The minimum absolute atomic E-state index is 0.163. The van der Waals surface area contributed by atoms with Gasteiger partial charge in [-0.2, -0.15) is 0 Å². The molecule has 0 spiro atoms. The van der Waals surface area contributed by atoms with E-state index in [0.29, 0.717) is 0 Å². The average molecular weight is 243 g/mol. The topological polar surface area (TPSA) is 72.3 Å². The maximum atomic E-state index is 10.2. The number of halogens is 2. The van der Waals surface area contributed by atoms with Gasteiger partial charge in [-0.1, -0.05) is 23.2 Å². The van der Waals surface area contributed by atoms with E-state index in [1.54, 1.807) is 0 Å². The lowest BCUT2D eigenvalue weighted by molar-refractivity contribution is 0.265. The van der Waals surface area contributed by atoms with Gasteiger partial charge in [0.25, 0.3) is 0 Å². The Labute approximate surface area is 84.6 Å². The number of hydrogen-bond acceptors (Lipinski definition) is 4. The standard InChI is InChI=1S/C5H5Cl2N2O3P/c6-3-1-4(7)9-5(8-3)2-12-13(10)11/h1,13H,2H2,(H,10,11). The van der Waals surface area contributed by atoms with Crippen molar-refractivity contribution in [2.45, 2.75) is 6.61 Å². The molecule has 0 saturated heterocycles. The van der Waals surface area contributed by atoms with Gasteiger partial charge in [-0.25, -0.2) is 9.97 Å². The smallest absolute Gasteiger partial charge is 0.317 e. The molecular formula is C5H5Cl2N2O3P. The fourth-order valence-corrected chi connectivity index (χ4v) is 1.34. The molecule has 1 aromatic heterocycles. The molecule has 0 aliphatic heterocycles. The van der Waals surface area contributed by atoms with Gasteiger partial charge in [0, 0.05) is 6.07 Å². The Hall–Kier alpha value is -0.190. The summed E-state index contributed by atoms with van der Waals surface area (Å²) in [5.74, 6) is 0.171. The van der Waals surface area contributed by atoms with Gasteiger partial charge in [-0.05, 0) is 0 Å². The van der Waals surface area contributed by atoms with Crippen molar-refractivity contribution in [3.8, 4) is 0 Å². The number of nitrogens with zero attached hydrogens (tertiary/aromatic N) is 2. The van der Waals surface area contributed by atoms with Crippen LogP contribution in [-0.2, 0) is 15.7 Å². The van der Waals surface area contributed by atoms with Crippen LogP contribution in [0.5, 0.6) is 0 Å². The lowest BCUT2D eigenvalue weighted by atomic mass is 10.6. The molecule has 0 radical (unpaired) electrons. The van der Waals surface area contributed by atoms with E-state index in [0.717, 1.165) is 0 Å². The second-order valence-corrected chi connectivity index (χ2v) is 3.58. The minimum atomic E-state index is -2.97. The molecule has 1 unspecified atom stereocenters. The third-order valence-corrected chi connectivity index (χ3v) is 1.81. The zero-order chi connectivity index (χ0) is 9.84. The maximum absolute atomic E-state index is 10.2. The van der Waals surface area contributed by atoms with E-state index in [1.807, 2.05) is 0 Å². The molecule has 1 atom stereocenters. The first kappa shape index (κ1) is 10.9. The van der Waals surface area contributed by atoms with E-state index < -0.39 is 8.25 Å². The molecule has 1 heterocycles. The van der Waals surface area contributed by atoms with Crippen LogP contribution in [-0.4, -0.2) is 14.9 Å². The van der Waals surface area contributed by atoms with Gasteiger partial charge >= 0.3 is 8.25 Å². The summed E-state index contributed by atoms with van der Waals surface area (Å²) >= 11 is 11.1. The predicted molar refractivity (Wildman–Crippen MR) is 48.1 cm³/mol. The molecule has 0 bridgehead atoms. The summed E-state index contributed by atoms with van der Waals surface area (Å²) < 4.78 is 14.6. The van der Waals surface area contributed by atoms with Gasteiger partial charge in [-0.15, -0.1) is 0 Å². The van der Waals surface area contributed by atoms with E-state index in [9.17, 15) is 4.57 Å². The van der Waals surface area contributed by atoms with E-state index in [1.165, 1.54) is 6.07 Å². The number of aromatic nitrogens is 2. The minimum Gasteiger partial charge on any atom is -0.326 e. The summed E-state index contributed by atoms with van der Waals surface area (Å²) in [7, 11) is -2.97. The molecule has 0 saturated carbocycles. The lowest BCUT2D eigenvalue weighted by Crippen LogP contribution is -1.95. The Balaban J connectivity index is 2.71. The van der Waals surface area contributed by atoms with Crippen molar-refractivity contribution in [1.82, 2.24) is 9.97 Å². The normalized spacial score (nSPS) is 12.8. The largest absolute Gasteiger partial charge is 0.326 e. The first-order chi connectivity index (χ1) is 6.08. The average Bonchev–Trinajstić information content (AvgIpc) is 1.99. The van der Waals surface area contributed by atoms with Gasteiger partial charge < -0.3 is 9.42 Å². The van der Waals surface area contributed by atoms with Gasteiger partial charge in [0.2, 0.25) is 0 Å². The second kappa shape index (κ2) is 4.88. The third kappa shape index (κ3) is 4.02. The summed E-state index contributed by atoms with van der Waals surface area (Å²) in [5.41, 5.74) is 0. The highest BCUT2D eigenvalue weighted by Crippen LogP contribution is 2.18. The summed E-state index contributed by atoms with van der Waals surface area (Å²) in [6, 6.07) is 1.36. The van der Waals surface area contributed by atoms with Gasteiger partial charge in [0.15, 0.2) is 5.82 Å². The summed E-state index contributed by atoms with van der Waals surface area (Å²) in [4.78, 5) is 15.8. The molecule has 72 valence electrons. The van der Waals surface area contributed by atoms with Crippen LogP contribution in [0.2, 0.25) is 10.3 Å². The van der Waals surface area contributed by atoms with E-state index in [2.05, 4.69) is 14.5 Å². The van der Waals surface area contributed by atoms with Crippen LogP contribution >= 0.6 is 31.5 Å². The zero-order valence-electron chi connectivity index (χ0n) is 6.20. The lowest BCUT2D eigenvalue weighted by Gasteiger charge is -1.99. The van der Waals surface area contributed by atoms with Crippen molar-refractivity contribution < 1.29 is 14.0 Å². The Morgan fingerprint density at radius 3 is 2.46 bits per heavy atom. The summed E-state index contributed by atoms with van der Waals surface area (Å²) in [6.45, 7) is -0.186. The second-order valence-electron chi connectivity index (χ2n) is 1.98. The van der Waals surface area contributed by atoms with E-state index in [-0.39, 0.29) is 22.7 Å². The SMILES string of the molecule is O=[PH](O)OCc1nc(Cl)cc(Cl)n1. The van der Waals surface area contributed by atoms with Crippen LogP contribution < -0.4 is 0 Å². The number of rotatable bonds is 3. The van der Waals surface area contributed by atoms with Crippen LogP contribution in [0, 0.1) is 0 Å². The van der Waals surface area contributed by atoms with Crippen molar-refractivity contribution >= 4 is 31.5 Å². The molecule has 0 amide bonds. The Kier molecular flexibility index (Phi) is 4.09. The Bertz CT molecular complexity index is 315. The highest BCUT2D eigenvalue weighted by Gasteiger charge is 2.02. The van der Waals surface area contributed by atoms with Crippen LogP contribution in [0.15, 0.2) is 6.07 Å². The zero-order valence-corrected chi connectivity index (χ0v) is 8.71. The van der Waals surface area contributed by atoms with Crippen molar-refractivity contribution in [3.63, 3.8) is 0 Å². The molecule has 1 N–H and O–H groups in total. The maximum Gasteiger partial charge on any atom is 0.317 e. The van der Waals surface area contributed by atoms with E-state index >= 15 is 0 Å². The van der Waals surface area contributed by atoms with E-state index in [4.69, 9.17) is 28.1 Å².